The van der Waals surface area contributed by atoms with Crippen LogP contribution in [0.4, 0.5) is 4.79 Å². The van der Waals surface area contributed by atoms with Gasteiger partial charge in [-0.3, -0.25) is 4.79 Å². The fourth-order valence-corrected chi connectivity index (χ4v) is 3.39. The lowest BCUT2D eigenvalue weighted by Gasteiger charge is -2.42. The van der Waals surface area contributed by atoms with Gasteiger partial charge < -0.3 is 20.4 Å². The van der Waals surface area contributed by atoms with E-state index in [1.165, 1.54) is 0 Å². The van der Waals surface area contributed by atoms with Crippen molar-refractivity contribution in [1.82, 2.24) is 14.7 Å². The number of rotatable bonds is 1. The standard InChI is InChI=1S/C15H28N4O2/c1-15(16)7-5-4-6-12(15)13(20)18-8-10-19(11-9-18)14(21)17(2)3/h12H,4-11,16H2,1-3H3. The molecule has 1 saturated carbocycles. The number of carbonyl (C=O) groups is 2. The molecule has 1 heterocycles. The van der Waals surface area contributed by atoms with Crippen LogP contribution < -0.4 is 5.73 Å². The maximum Gasteiger partial charge on any atom is 0.319 e. The van der Waals surface area contributed by atoms with E-state index in [-0.39, 0.29) is 23.4 Å². The first-order chi connectivity index (χ1) is 9.83. The molecule has 2 N–H and O–H groups in total. The fourth-order valence-electron chi connectivity index (χ4n) is 3.39. The molecule has 2 aliphatic rings. The van der Waals surface area contributed by atoms with E-state index in [4.69, 9.17) is 5.73 Å². The van der Waals surface area contributed by atoms with Gasteiger partial charge in [0.05, 0.1) is 5.92 Å². The highest BCUT2D eigenvalue weighted by Crippen LogP contribution is 2.33. The van der Waals surface area contributed by atoms with Crippen LogP contribution in [0.2, 0.25) is 0 Å². The molecule has 2 fully saturated rings. The van der Waals surface area contributed by atoms with Gasteiger partial charge in [0.15, 0.2) is 0 Å². The molecule has 120 valence electrons. The van der Waals surface area contributed by atoms with Crippen molar-refractivity contribution < 1.29 is 9.59 Å². The Bertz CT molecular complexity index is 400. The summed E-state index contributed by atoms with van der Waals surface area (Å²) < 4.78 is 0. The van der Waals surface area contributed by atoms with E-state index < -0.39 is 0 Å². The summed E-state index contributed by atoms with van der Waals surface area (Å²) in [5.41, 5.74) is 5.94. The van der Waals surface area contributed by atoms with Gasteiger partial charge in [-0.2, -0.15) is 0 Å². The molecule has 21 heavy (non-hydrogen) atoms. The topological polar surface area (TPSA) is 69.9 Å². The zero-order chi connectivity index (χ0) is 15.6. The van der Waals surface area contributed by atoms with E-state index in [0.29, 0.717) is 26.2 Å². The van der Waals surface area contributed by atoms with Crippen molar-refractivity contribution in [2.45, 2.75) is 38.1 Å². The third-order valence-corrected chi connectivity index (χ3v) is 4.80. The van der Waals surface area contributed by atoms with Crippen molar-refractivity contribution in [3.8, 4) is 0 Å². The number of hydrogen-bond donors (Lipinski definition) is 1. The van der Waals surface area contributed by atoms with Crippen molar-refractivity contribution in [1.29, 1.82) is 0 Å². The second-order valence-corrected chi connectivity index (χ2v) is 6.79. The van der Waals surface area contributed by atoms with Crippen LogP contribution in [0.3, 0.4) is 0 Å². The molecule has 6 heteroatoms. The van der Waals surface area contributed by atoms with Crippen molar-refractivity contribution >= 4 is 11.9 Å². The smallest absolute Gasteiger partial charge is 0.319 e. The normalized spacial score (nSPS) is 30.2. The minimum atomic E-state index is -0.383. The van der Waals surface area contributed by atoms with Crippen molar-refractivity contribution in [2.75, 3.05) is 40.3 Å². The van der Waals surface area contributed by atoms with E-state index in [9.17, 15) is 9.59 Å². The summed E-state index contributed by atoms with van der Waals surface area (Å²) in [6.45, 7) is 4.45. The van der Waals surface area contributed by atoms with Gasteiger partial charge in [0.2, 0.25) is 5.91 Å². The Morgan fingerprint density at radius 1 is 1.10 bits per heavy atom. The zero-order valence-corrected chi connectivity index (χ0v) is 13.5. The van der Waals surface area contributed by atoms with Gasteiger partial charge in [0.25, 0.3) is 0 Å². The number of amides is 3. The van der Waals surface area contributed by atoms with E-state index in [1.807, 2.05) is 11.8 Å². The molecule has 2 atom stereocenters. The number of carbonyl (C=O) groups excluding carboxylic acids is 2. The lowest BCUT2D eigenvalue weighted by molar-refractivity contribution is -0.140. The predicted octanol–water partition coefficient (Wildman–Crippen LogP) is 0.720. The summed E-state index contributed by atoms with van der Waals surface area (Å²) >= 11 is 0. The third kappa shape index (κ3) is 3.48. The first kappa shape index (κ1) is 16.1. The molecule has 6 nitrogen and oxygen atoms in total. The average molecular weight is 296 g/mol. The zero-order valence-electron chi connectivity index (χ0n) is 13.5. The third-order valence-electron chi connectivity index (χ3n) is 4.80. The van der Waals surface area contributed by atoms with Crippen LogP contribution in [0.5, 0.6) is 0 Å². The first-order valence-corrected chi connectivity index (χ1v) is 7.87. The number of nitrogens with zero attached hydrogens (tertiary/aromatic N) is 3. The molecule has 0 bridgehead atoms. The molecular weight excluding hydrogens is 268 g/mol. The van der Waals surface area contributed by atoms with Gasteiger partial charge >= 0.3 is 6.03 Å². The lowest BCUT2D eigenvalue weighted by Crippen LogP contribution is -2.58. The molecule has 3 amide bonds. The number of nitrogens with two attached hydrogens (primary N) is 1. The second kappa shape index (κ2) is 6.22. The Morgan fingerprint density at radius 2 is 1.67 bits per heavy atom. The van der Waals surface area contributed by atoms with Crippen LogP contribution in [0.25, 0.3) is 0 Å². The molecule has 1 aliphatic carbocycles. The molecule has 0 aromatic rings. The molecule has 0 radical (unpaired) electrons. The summed E-state index contributed by atoms with van der Waals surface area (Å²) in [5.74, 6) is 0.110. The van der Waals surface area contributed by atoms with Gasteiger partial charge in [0.1, 0.15) is 0 Å². The summed E-state index contributed by atoms with van der Waals surface area (Å²) in [7, 11) is 3.50. The highest BCUT2D eigenvalue weighted by Gasteiger charge is 2.40. The minimum Gasteiger partial charge on any atom is -0.339 e. The van der Waals surface area contributed by atoms with E-state index in [1.54, 1.807) is 23.9 Å². The van der Waals surface area contributed by atoms with Crippen LogP contribution in [-0.2, 0) is 4.79 Å². The molecule has 2 rings (SSSR count). The van der Waals surface area contributed by atoms with Gasteiger partial charge in [-0.25, -0.2) is 4.79 Å². The van der Waals surface area contributed by atoms with Crippen molar-refractivity contribution in [3.05, 3.63) is 0 Å². The van der Waals surface area contributed by atoms with Gasteiger partial charge in [-0.15, -0.1) is 0 Å². The predicted molar refractivity (Wildman–Crippen MR) is 81.8 cm³/mol. The summed E-state index contributed by atoms with van der Waals surface area (Å²) in [4.78, 5) is 29.9. The molecule has 1 saturated heterocycles. The van der Waals surface area contributed by atoms with Crippen molar-refractivity contribution in [3.63, 3.8) is 0 Å². The number of urea groups is 1. The Morgan fingerprint density at radius 3 is 2.19 bits per heavy atom. The molecule has 2 unspecified atom stereocenters. The summed E-state index contributed by atoms with van der Waals surface area (Å²) in [6.07, 6.45) is 4.01. The van der Waals surface area contributed by atoms with Crippen molar-refractivity contribution in [2.24, 2.45) is 11.7 Å². The second-order valence-electron chi connectivity index (χ2n) is 6.79. The van der Waals surface area contributed by atoms with Crippen LogP contribution >= 0.6 is 0 Å². The number of piperazine rings is 1. The quantitative estimate of drug-likeness (QED) is 0.775. The Balaban J connectivity index is 1.92. The summed E-state index contributed by atoms with van der Waals surface area (Å²) in [6, 6.07) is 0.0171. The minimum absolute atomic E-state index is 0.0171. The fraction of sp³-hybridized carbons (Fsp3) is 0.867. The number of hydrogen-bond acceptors (Lipinski definition) is 3. The van der Waals surface area contributed by atoms with Crippen LogP contribution in [0.1, 0.15) is 32.6 Å². The molecular formula is C15H28N4O2. The molecule has 0 aromatic heterocycles. The lowest BCUT2D eigenvalue weighted by atomic mass is 9.74. The Labute approximate surface area is 127 Å². The van der Waals surface area contributed by atoms with Gasteiger partial charge in [-0.05, 0) is 19.8 Å². The summed E-state index contributed by atoms with van der Waals surface area (Å²) in [5, 5.41) is 0. The first-order valence-electron chi connectivity index (χ1n) is 7.87. The molecule has 0 aromatic carbocycles. The molecule has 0 spiro atoms. The average Bonchev–Trinajstić information content (AvgIpc) is 2.45. The van der Waals surface area contributed by atoms with E-state index >= 15 is 0 Å². The van der Waals surface area contributed by atoms with E-state index in [0.717, 1.165) is 25.7 Å². The maximum absolute atomic E-state index is 12.7. The maximum atomic E-state index is 12.7. The molecule has 1 aliphatic heterocycles. The SMILES string of the molecule is CN(C)C(=O)N1CCN(C(=O)C2CCCCC2(C)N)CC1. The Kier molecular flexibility index (Phi) is 4.76. The van der Waals surface area contributed by atoms with Crippen LogP contribution in [0.15, 0.2) is 0 Å². The van der Waals surface area contributed by atoms with Crippen LogP contribution in [0, 0.1) is 5.92 Å². The monoisotopic (exact) mass is 296 g/mol. The van der Waals surface area contributed by atoms with E-state index in [2.05, 4.69) is 0 Å². The van der Waals surface area contributed by atoms with Crippen LogP contribution in [-0.4, -0.2) is 72.5 Å². The largest absolute Gasteiger partial charge is 0.339 e. The highest BCUT2D eigenvalue weighted by atomic mass is 16.2. The van der Waals surface area contributed by atoms with Gasteiger partial charge in [0, 0.05) is 45.8 Å². The van der Waals surface area contributed by atoms with Gasteiger partial charge in [-0.1, -0.05) is 12.8 Å². The highest BCUT2D eigenvalue weighted by molar-refractivity contribution is 5.81. The Hall–Kier alpha value is -1.30.